The van der Waals surface area contributed by atoms with Crippen LogP contribution >= 0.6 is 0 Å². The normalized spacial score (nSPS) is 21.9. The molecule has 0 saturated carbocycles. The van der Waals surface area contributed by atoms with Gasteiger partial charge in [-0.15, -0.1) is 0 Å². The zero-order valence-corrected chi connectivity index (χ0v) is 21.6. The van der Waals surface area contributed by atoms with Gasteiger partial charge in [0.25, 0.3) is 0 Å². The van der Waals surface area contributed by atoms with Gasteiger partial charge < -0.3 is 15.0 Å². The van der Waals surface area contributed by atoms with Gasteiger partial charge in [0, 0.05) is 71.5 Å². The maximum absolute atomic E-state index is 11.4. The molecule has 0 amide bonds. The predicted octanol–water partition coefficient (Wildman–Crippen LogP) is 2.96. The second kappa shape index (κ2) is 9.99. The number of hydrogen-bond donors (Lipinski definition) is 1. The summed E-state index contributed by atoms with van der Waals surface area (Å²) in [6.45, 7) is 6.55. The summed E-state index contributed by atoms with van der Waals surface area (Å²) in [7, 11) is -0.936. The second-order valence-electron chi connectivity index (χ2n) is 9.75. The molecule has 3 aromatic heterocycles. The van der Waals surface area contributed by atoms with Gasteiger partial charge in [0.05, 0.1) is 35.8 Å². The molecule has 3 aromatic rings. The van der Waals surface area contributed by atoms with E-state index in [4.69, 9.17) is 15.1 Å². The molecule has 9 nitrogen and oxygen atoms in total. The van der Waals surface area contributed by atoms with Crippen LogP contribution in [-0.2, 0) is 10.8 Å². The molecule has 0 spiro atoms. The van der Waals surface area contributed by atoms with Crippen molar-refractivity contribution in [3.63, 3.8) is 0 Å². The van der Waals surface area contributed by atoms with Crippen LogP contribution < -0.4 is 9.64 Å². The molecule has 0 radical (unpaired) electrons. The van der Waals surface area contributed by atoms with Gasteiger partial charge >= 0.3 is 0 Å². The number of nitrogens with zero attached hydrogens (tertiary/aromatic N) is 6. The Kier molecular flexibility index (Phi) is 6.77. The molecule has 1 N–H and O–H groups in total. The number of fused-ring (bicyclic) bond motifs is 3. The summed E-state index contributed by atoms with van der Waals surface area (Å²) in [5, 5.41) is 21.6. The third-order valence-electron chi connectivity index (χ3n) is 7.47. The number of hydrogen-bond acceptors (Lipinski definition) is 8. The number of piperazine rings is 1. The fraction of sp³-hybridized carbons (Fsp3) is 0.462. The van der Waals surface area contributed by atoms with Crippen molar-refractivity contribution in [2.24, 2.45) is 5.92 Å². The number of piperidine rings is 1. The van der Waals surface area contributed by atoms with Crippen LogP contribution in [0.5, 0.6) is 5.75 Å². The van der Waals surface area contributed by atoms with Crippen molar-refractivity contribution in [2.45, 2.75) is 38.4 Å². The minimum atomic E-state index is -0.936. The van der Waals surface area contributed by atoms with Gasteiger partial charge in [-0.2, -0.15) is 10.4 Å². The number of ether oxygens (including phenoxy) is 1. The Morgan fingerprint density at radius 3 is 2.72 bits per heavy atom. The first-order valence-corrected chi connectivity index (χ1v) is 14.0. The fourth-order valence-corrected chi connectivity index (χ4v) is 5.71. The van der Waals surface area contributed by atoms with Crippen LogP contribution in [0, 0.1) is 22.7 Å². The molecule has 5 atom stereocenters. The second-order valence-corrected chi connectivity index (χ2v) is 11.3. The Hall–Kier alpha value is -3.29. The maximum atomic E-state index is 11.4. The van der Waals surface area contributed by atoms with Crippen molar-refractivity contribution in [3.05, 3.63) is 42.4 Å². The minimum absolute atomic E-state index is 0.252. The molecule has 3 aliphatic heterocycles. The Bertz CT molecular complexity index is 1320. The topological polar surface area (TPSA) is 111 Å². The Morgan fingerprint density at radius 1 is 1.31 bits per heavy atom. The molecule has 36 heavy (non-hydrogen) atoms. The Morgan fingerprint density at radius 2 is 2.08 bits per heavy atom. The third-order valence-corrected chi connectivity index (χ3v) is 8.21. The summed E-state index contributed by atoms with van der Waals surface area (Å²) in [5.74, 6) is 2.25. The zero-order valence-electron chi connectivity index (χ0n) is 20.8. The van der Waals surface area contributed by atoms with Crippen LogP contribution in [0.3, 0.4) is 0 Å². The first-order chi connectivity index (χ1) is 17.4. The van der Waals surface area contributed by atoms with E-state index >= 15 is 0 Å². The molecule has 6 heterocycles. The van der Waals surface area contributed by atoms with E-state index in [1.54, 1.807) is 29.4 Å². The monoisotopic (exact) mass is 505 g/mol. The fourth-order valence-electron chi connectivity index (χ4n) is 5.39. The van der Waals surface area contributed by atoms with Gasteiger partial charge in [-0.1, -0.05) is 6.92 Å². The van der Waals surface area contributed by atoms with E-state index in [1.807, 2.05) is 24.4 Å². The first-order valence-electron chi connectivity index (χ1n) is 12.2. The van der Waals surface area contributed by atoms with Crippen LogP contribution in [0.15, 0.2) is 36.8 Å². The number of rotatable bonds is 9. The highest BCUT2D eigenvalue weighted by Crippen LogP contribution is 2.38. The summed E-state index contributed by atoms with van der Waals surface area (Å²) in [5.41, 5.74) is 2.89. The van der Waals surface area contributed by atoms with E-state index in [-0.39, 0.29) is 5.92 Å². The number of aromatic nitrogens is 3. The van der Waals surface area contributed by atoms with E-state index in [0.717, 1.165) is 30.0 Å². The van der Waals surface area contributed by atoms with E-state index < -0.39 is 10.8 Å². The maximum Gasteiger partial charge on any atom is 0.138 e. The summed E-state index contributed by atoms with van der Waals surface area (Å²) in [6, 6.07) is 9.57. The highest BCUT2D eigenvalue weighted by atomic mass is 32.2. The van der Waals surface area contributed by atoms with E-state index in [0.29, 0.717) is 47.3 Å². The van der Waals surface area contributed by atoms with Gasteiger partial charge in [-0.25, -0.2) is 9.50 Å². The molecule has 2 bridgehead atoms. The van der Waals surface area contributed by atoms with Crippen molar-refractivity contribution in [3.8, 4) is 22.9 Å². The molecular formula is C26H31N7O2S. The summed E-state index contributed by atoms with van der Waals surface area (Å²) >= 11 is 0. The zero-order chi connectivity index (χ0) is 25.4. The van der Waals surface area contributed by atoms with Crippen LogP contribution in [0.1, 0.15) is 25.8 Å². The van der Waals surface area contributed by atoms with Crippen molar-refractivity contribution in [2.75, 3.05) is 36.6 Å². The van der Waals surface area contributed by atoms with Gasteiger partial charge in [0.1, 0.15) is 17.6 Å². The summed E-state index contributed by atoms with van der Waals surface area (Å²) < 4.78 is 18.9. The molecular weight excluding hydrogens is 474 g/mol. The van der Waals surface area contributed by atoms with Gasteiger partial charge in [0.2, 0.25) is 0 Å². The van der Waals surface area contributed by atoms with Gasteiger partial charge in [0.15, 0.2) is 0 Å². The van der Waals surface area contributed by atoms with Crippen molar-refractivity contribution < 1.29 is 8.95 Å². The van der Waals surface area contributed by atoms with Crippen molar-refractivity contribution in [1.29, 1.82) is 10.7 Å². The lowest BCUT2D eigenvalue weighted by atomic mass is 9.83. The van der Waals surface area contributed by atoms with Gasteiger partial charge in [-0.05, 0) is 37.8 Å². The summed E-state index contributed by atoms with van der Waals surface area (Å²) in [4.78, 5) is 9.71. The number of pyridine rings is 2. The quantitative estimate of drug-likeness (QED) is 0.445. The molecule has 3 saturated heterocycles. The van der Waals surface area contributed by atoms with Crippen LogP contribution in [0.2, 0.25) is 0 Å². The molecule has 0 aliphatic carbocycles. The lowest BCUT2D eigenvalue weighted by Gasteiger charge is -2.59. The van der Waals surface area contributed by atoms with E-state index in [2.05, 4.69) is 34.8 Å². The lowest BCUT2D eigenvalue weighted by Crippen LogP contribution is -2.71. The smallest absolute Gasteiger partial charge is 0.138 e. The Balaban J connectivity index is 1.37. The van der Waals surface area contributed by atoms with E-state index in [9.17, 15) is 9.47 Å². The average molecular weight is 506 g/mol. The molecule has 3 aliphatic rings. The Labute approximate surface area is 213 Å². The highest BCUT2D eigenvalue weighted by Gasteiger charge is 2.47. The van der Waals surface area contributed by atoms with Crippen LogP contribution in [-0.4, -0.2) is 79.8 Å². The number of nitriles is 1. The van der Waals surface area contributed by atoms with Crippen molar-refractivity contribution in [1.82, 2.24) is 19.5 Å². The molecule has 188 valence electrons. The average Bonchev–Trinajstić information content (AvgIpc) is 3.30. The molecule has 0 aromatic carbocycles. The predicted molar refractivity (Wildman–Crippen MR) is 141 cm³/mol. The molecule has 5 unspecified atom stereocenters. The molecule has 6 rings (SSSR count). The molecule has 3 fully saturated rings. The first kappa shape index (κ1) is 24.4. The standard InChI is InChI=1S/C26H31N7O2S/c1-17(10-27)18(2)33-21-8-22(33)15-31(14-21)25-5-4-19(12-29-25)24-9-23(35-6-7-36(3)34)16-32-26(24)20(11-28)13-30-32/h4-5,9-10,12-13,16-18,21-22,27H,6-8,14-15H2,1-3H3. The third kappa shape index (κ3) is 4.49. The minimum Gasteiger partial charge on any atom is -0.491 e. The van der Waals surface area contributed by atoms with Gasteiger partial charge in [-0.3, -0.25) is 9.11 Å². The SMILES string of the molecule is CC(C=N)C(C)N1C2CC1CN(c1ccc(-c3cc(OCCS(C)=O)cn4ncc(C#N)c34)cn1)C2. The molecule has 10 heteroatoms. The largest absolute Gasteiger partial charge is 0.491 e. The number of nitrogens with one attached hydrogen (secondary N) is 1. The highest BCUT2D eigenvalue weighted by molar-refractivity contribution is 7.84. The summed E-state index contributed by atoms with van der Waals surface area (Å²) in [6.07, 6.45) is 9.55. The van der Waals surface area contributed by atoms with Crippen LogP contribution in [0.4, 0.5) is 5.82 Å². The van der Waals surface area contributed by atoms with Crippen molar-refractivity contribution >= 4 is 28.3 Å². The van der Waals surface area contributed by atoms with E-state index in [1.165, 1.54) is 6.42 Å². The number of anilines is 1. The van der Waals surface area contributed by atoms with Crippen LogP contribution in [0.25, 0.3) is 16.6 Å². The lowest BCUT2D eigenvalue weighted by molar-refractivity contribution is -0.0409.